The lowest BCUT2D eigenvalue weighted by Crippen LogP contribution is -2.37. The number of hydrogen-bond donors (Lipinski definition) is 0. The minimum atomic E-state index is -0.819. The molecule has 0 bridgehead atoms. The van der Waals surface area contributed by atoms with E-state index in [1.54, 1.807) is 42.2 Å². The van der Waals surface area contributed by atoms with Crippen molar-refractivity contribution in [3.05, 3.63) is 72.3 Å². The first-order valence-electron chi connectivity index (χ1n) is 10.3. The molecular formula is C24H22N4O4S. The van der Waals surface area contributed by atoms with Crippen LogP contribution in [0, 0.1) is 0 Å². The number of hydrogen-bond acceptors (Lipinski definition) is 8. The fourth-order valence-electron chi connectivity index (χ4n) is 3.47. The van der Waals surface area contributed by atoms with Crippen LogP contribution in [0.4, 0.5) is 5.69 Å². The van der Waals surface area contributed by atoms with Gasteiger partial charge in [0, 0.05) is 23.3 Å². The number of esters is 1. The van der Waals surface area contributed by atoms with Crippen molar-refractivity contribution in [2.45, 2.75) is 24.7 Å². The largest absolute Gasteiger partial charge is 0.465 e. The van der Waals surface area contributed by atoms with E-state index in [9.17, 15) is 9.59 Å². The van der Waals surface area contributed by atoms with Crippen molar-refractivity contribution in [2.24, 2.45) is 0 Å². The van der Waals surface area contributed by atoms with Gasteiger partial charge in [0.2, 0.25) is 23.2 Å². The number of rotatable bonds is 6. The fraction of sp³-hybridized carbons (Fsp3) is 0.208. The van der Waals surface area contributed by atoms with Crippen LogP contribution in [0.15, 0.2) is 66.3 Å². The fourth-order valence-corrected chi connectivity index (χ4v) is 3.98. The molecule has 33 heavy (non-hydrogen) atoms. The van der Waals surface area contributed by atoms with Gasteiger partial charge in [-0.25, -0.2) is 4.79 Å². The number of fused-ring (bicyclic) bond motifs is 3. The Morgan fingerprint density at radius 2 is 1.94 bits per heavy atom. The van der Waals surface area contributed by atoms with E-state index in [1.165, 1.54) is 18.9 Å². The average Bonchev–Trinajstić information content (AvgIpc) is 3.01. The zero-order valence-electron chi connectivity index (χ0n) is 18.2. The molecule has 1 unspecified atom stereocenters. The number of benzene rings is 2. The summed E-state index contributed by atoms with van der Waals surface area (Å²) in [5, 5.41) is 9.04. The molecule has 8 nitrogen and oxygen atoms in total. The standard InChI is InChI=1S/C24H22N4O4S/c1-4-14-33-24-25-21-20(26-27-24)17-8-6-7-9-18(17)28(19(29)5-2)22(32-21)15-10-12-16(13-11-15)23(30)31-3/h4,6-13,22H,1,5,14H2,2-3H3. The normalized spacial score (nSPS) is 14.4. The van der Waals surface area contributed by atoms with Gasteiger partial charge >= 0.3 is 5.97 Å². The number of nitrogens with zero attached hydrogens (tertiary/aromatic N) is 4. The molecule has 0 radical (unpaired) electrons. The SMILES string of the molecule is C=CCSc1nnc2c(n1)OC(c1ccc(C(=O)OC)cc1)N(C(=O)CC)c1ccccc1-2. The third kappa shape index (κ3) is 4.45. The zero-order chi connectivity index (χ0) is 23.4. The molecule has 2 aromatic carbocycles. The number of ether oxygens (including phenoxy) is 2. The van der Waals surface area contributed by atoms with Gasteiger partial charge in [0.05, 0.1) is 18.4 Å². The van der Waals surface area contributed by atoms with Crippen LogP contribution in [0.5, 0.6) is 5.88 Å². The Bertz CT molecular complexity index is 1200. The van der Waals surface area contributed by atoms with Crippen LogP contribution in [-0.4, -0.2) is 39.9 Å². The highest BCUT2D eigenvalue weighted by molar-refractivity contribution is 7.99. The third-order valence-electron chi connectivity index (χ3n) is 5.03. The zero-order valence-corrected chi connectivity index (χ0v) is 19.0. The Labute approximate surface area is 195 Å². The summed E-state index contributed by atoms with van der Waals surface area (Å²) in [6.07, 6.45) is 1.20. The second kappa shape index (κ2) is 9.83. The predicted octanol–water partition coefficient (Wildman–Crippen LogP) is 4.44. The second-order valence-electron chi connectivity index (χ2n) is 7.07. The highest BCUT2D eigenvalue weighted by Crippen LogP contribution is 2.43. The van der Waals surface area contributed by atoms with Crippen molar-refractivity contribution in [1.82, 2.24) is 15.2 Å². The lowest BCUT2D eigenvalue weighted by atomic mass is 10.1. The van der Waals surface area contributed by atoms with Gasteiger partial charge in [0.15, 0.2) is 5.69 Å². The van der Waals surface area contributed by atoms with Gasteiger partial charge in [0.25, 0.3) is 0 Å². The number of carbonyl (C=O) groups excluding carboxylic acids is 2. The Balaban J connectivity index is 1.87. The number of carbonyl (C=O) groups is 2. The van der Waals surface area contributed by atoms with Gasteiger partial charge in [-0.15, -0.1) is 16.8 Å². The lowest BCUT2D eigenvalue weighted by Gasteiger charge is -2.30. The summed E-state index contributed by atoms with van der Waals surface area (Å²) in [6, 6.07) is 14.2. The van der Waals surface area contributed by atoms with Crippen LogP contribution in [0.2, 0.25) is 0 Å². The van der Waals surface area contributed by atoms with Crippen LogP contribution in [0.3, 0.4) is 0 Å². The smallest absolute Gasteiger partial charge is 0.337 e. The van der Waals surface area contributed by atoms with Crippen LogP contribution in [0.25, 0.3) is 11.3 Å². The topological polar surface area (TPSA) is 94.5 Å². The molecule has 1 amide bonds. The van der Waals surface area contributed by atoms with Crippen molar-refractivity contribution in [2.75, 3.05) is 17.8 Å². The Morgan fingerprint density at radius 1 is 1.18 bits per heavy atom. The summed E-state index contributed by atoms with van der Waals surface area (Å²) in [7, 11) is 1.33. The monoisotopic (exact) mass is 462 g/mol. The van der Waals surface area contributed by atoms with Gasteiger partial charge in [-0.3, -0.25) is 9.69 Å². The molecule has 4 rings (SSSR count). The van der Waals surface area contributed by atoms with Gasteiger partial charge in [0.1, 0.15) is 0 Å². The third-order valence-corrected chi connectivity index (χ3v) is 5.86. The van der Waals surface area contributed by atoms with Crippen molar-refractivity contribution in [3.8, 4) is 17.1 Å². The number of amides is 1. The molecule has 0 saturated heterocycles. The predicted molar refractivity (Wildman–Crippen MR) is 125 cm³/mol. The quantitative estimate of drug-likeness (QED) is 0.302. The second-order valence-corrected chi connectivity index (χ2v) is 8.05. The highest BCUT2D eigenvalue weighted by Gasteiger charge is 2.35. The first kappa shape index (κ1) is 22.5. The molecule has 0 saturated carbocycles. The number of para-hydroxylation sites is 1. The number of methoxy groups -OCH3 is 1. The summed E-state index contributed by atoms with van der Waals surface area (Å²) in [4.78, 5) is 31.2. The van der Waals surface area contributed by atoms with E-state index in [1.807, 2.05) is 24.3 Å². The van der Waals surface area contributed by atoms with E-state index in [2.05, 4.69) is 21.8 Å². The molecule has 1 aliphatic rings. The average molecular weight is 463 g/mol. The summed E-state index contributed by atoms with van der Waals surface area (Å²) < 4.78 is 11.1. The molecular weight excluding hydrogens is 440 g/mol. The van der Waals surface area contributed by atoms with Gasteiger partial charge in [-0.1, -0.05) is 55.1 Å². The van der Waals surface area contributed by atoms with Crippen LogP contribution in [0.1, 0.15) is 35.5 Å². The summed E-state index contributed by atoms with van der Waals surface area (Å²) >= 11 is 1.38. The maximum atomic E-state index is 13.1. The molecule has 1 aliphatic heterocycles. The number of aromatic nitrogens is 3. The van der Waals surface area contributed by atoms with E-state index in [4.69, 9.17) is 9.47 Å². The van der Waals surface area contributed by atoms with E-state index in [0.717, 1.165) is 0 Å². The minimum absolute atomic E-state index is 0.133. The number of anilines is 1. The summed E-state index contributed by atoms with van der Waals surface area (Å²) in [6.45, 7) is 5.51. The summed E-state index contributed by atoms with van der Waals surface area (Å²) in [5.74, 6) is 0.320. The molecule has 3 aromatic rings. The molecule has 1 atom stereocenters. The van der Waals surface area contributed by atoms with E-state index in [0.29, 0.717) is 39.0 Å². The Kier molecular flexibility index (Phi) is 6.69. The maximum absolute atomic E-state index is 13.1. The minimum Gasteiger partial charge on any atom is -0.465 e. The first-order valence-corrected chi connectivity index (χ1v) is 11.3. The van der Waals surface area contributed by atoms with Crippen molar-refractivity contribution < 1.29 is 19.1 Å². The Hall–Kier alpha value is -3.72. The molecule has 0 fully saturated rings. The van der Waals surface area contributed by atoms with E-state index < -0.39 is 12.2 Å². The molecule has 9 heteroatoms. The Morgan fingerprint density at radius 3 is 2.64 bits per heavy atom. The molecule has 0 N–H and O–H groups in total. The van der Waals surface area contributed by atoms with E-state index >= 15 is 0 Å². The molecule has 0 aliphatic carbocycles. The highest BCUT2D eigenvalue weighted by atomic mass is 32.2. The summed E-state index contributed by atoms with van der Waals surface area (Å²) in [5.41, 5.74) is 2.87. The van der Waals surface area contributed by atoms with Gasteiger partial charge in [-0.05, 0) is 18.2 Å². The van der Waals surface area contributed by atoms with Crippen molar-refractivity contribution >= 4 is 29.3 Å². The first-order chi connectivity index (χ1) is 16.1. The van der Waals surface area contributed by atoms with Crippen LogP contribution >= 0.6 is 11.8 Å². The molecule has 2 heterocycles. The lowest BCUT2D eigenvalue weighted by molar-refractivity contribution is -0.120. The van der Waals surface area contributed by atoms with Crippen LogP contribution in [-0.2, 0) is 9.53 Å². The molecule has 168 valence electrons. The molecule has 0 spiro atoms. The number of thioether (sulfide) groups is 1. The maximum Gasteiger partial charge on any atom is 0.337 e. The van der Waals surface area contributed by atoms with Gasteiger partial charge in [-0.2, -0.15) is 4.98 Å². The van der Waals surface area contributed by atoms with Crippen molar-refractivity contribution in [1.29, 1.82) is 0 Å². The van der Waals surface area contributed by atoms with Crippen LogP contribution < -0.4 is 9.64 Å². The van der Waals surface area contributed by atoms with E-state index in [-0.39, 0.29) is 18.2 Å². The molecule has 1 aromatic heterocycles. The van der Waals surface area contributed by atoms with Gasteiger partial charge < -0.3 is 9.47 Å². The van der Waals surface area contributed by atoms with Crippen molar-refractivity contribution in [3.63, 3.8) is 0 Å².